The summed E-state index contributed by atoms with van der Waals surface area (Å²) < 4.78 is 11.7. The number of hydrogen-bond acceptors (Lipinski definition) is 7. The number of hydrogen-bond donors (Lipinski definition) is 1. The lowest BCUT2D eigenvalue weighted by Crippen LogP contribution is -2.47. The number of aliphatic carboxylic acids is 1. The second-order valence-electron chi connectivity index (χ2n) is 9.69. The molecule has 7 nitrogen and oxygen atoms in total. The van der Waals surface area contributed by atoms with E-state index in [4.69, 9.17) is 20.2 Å². The van der Waals surface area contributed by atoms with Crippen molar-refractivity contribution < 1.29 is 29.0 Å². The summed E-state index contributed by atoms with van der Waals surface area (Å²) in [7, 11) is 0. The topological polar surface area (TPSA) is 111 Å². The van der Waals surface area contributed by atoms with Crippen LogP contribution < -0.4 is 11.0 Å². The van der Waals surface area contributed by atoms with Gasteiger partial charge in [-0.15, -0.1) is 0 Å². The Morgan fingerprint density at radius 3 is 1.17 bits per heavy atom. The van der Waals surface area contributed by atoms with Crippen molar-refractivity contribution >= 4 is 11.9 Å². The lowest BCUT2D eigenvalue weighted by atomic mass is 9.72. The standard InChI is InChI=1S/C34H35NO6/c35-41-32(38)34(29-17-9-3-10-18-29,30-19-11-4-12-20-30)22-24-40-26-25-39-23-21-33(31(36)37,27-13-5-1-6-14-27)28-15-7-2-8-16-28/h1-20H,21-26,35H2,(H,36,37)/p-1. The van der Waals surface area contributed by atoms with Gasteiger partial charge in [-0.3, -0.25) is 0 Å². The third kappa shape index (κ3) is 6.55. The zero-order valence-electron chi connectivity index (χ0n) is 22.8. The van der Waals surface area contributed by atoms with Crippen molar-refractivity contribution in [1.82, 2.24) is 0 Å². The highest BCUT2D eigenvalue weighted by molar-refractivity contribution is 5.87. The zero-order chi connectivity index (χ0) is 29.0. The summed E-state index contributed by atoms with van der Waals surface area (Å²) >= 11 is 0. The Balaban J connectivity index is 1.38. The van der Waals surface area contributed by atoms with Gasteiger partial charge < -0.3 is 24.2 Å². The molecule has 0 amide bonds. The largest absolute Gasteiger partial charge is 0.549 e. The molecular formula is C34H34NO6-. The average molecular weight is 553 g/mol. The van der Waals surface area contributed by atoms with E-state index in [0.29, 0.717) is 17.5 Å². The molecular weight excluding hydrogens is 518 g/mol. The second-order valence-corrected chi connectivity index (χ2v) is 9.69. The molecule has 0 radical (unpaired) electrons. The molecule has 0 aromatic heterocycles. The highest BCUT2D eigenvalue weighted by Crippen LogP contribution is 2.37. The number of benzene rings is 4. The molecule has 0 aliphatic carbocycles. The van der Waals surface area contributed by atoms with Gasteiger partial charge in [0.1, 0.15) is 5.41 Å². The average Bonchev–Trinajstić information content (AvgIpc) is 3.03. The Labute approximate surface area is 240 Å². The van der Waals surface area contributed by atoms with Crippen molar-refractivity contribution in [3.05, 3.63) is 144 Å². The molecule has 0 spiro atoms. The van der Waals surface area contributed by atoms with E-state index in [2.05, 4.69) is 0 Å². The number of rotatable bonds is 15. The highest BCUT2D eigenvalue weighted by Gasteiger charge is 2.43. The van der Waals surface area contributed by atoms with E-state index in [0.717, 1.165) is 11.1 Å². The Hall–Kier alpha value is -4.30. The van der Waals surface area contributed by atoms with Crippen LogP contribution in [-0.2, 0) is 34.7 Å². The van der Waals surface area contributed by atoms with Crippen LogP contribution in [0.1, 0.15) is 35.1 Å². The van der Waals surface area contributed by atoms with Crippen LogP contribution in [0.15, 0.2) is 121 Å². The third-order valence-electron chi connectivity index (χ3n) is 7.49. The molecule has 4 aromatic carbocycles. The molecule has 4 rings (SSSR count). The lowest BCUT2D eigenvalue weighted by molar-refractivity contribution is -0.312. The van der Waals surface area contributed by atoms with Crippen LogP contribution >= 0.6 is 0 Å². The molecule has 41 heavy (non-hydrogen) atoms. The van der Waals surface area contributed by atoms with E-state index in [1.54, 1.807) is 24.3 Å². The molecule has 0 atom stereocenters. The zero-order valence-corrected chi connectivity index (χ0v) is 22.8. The van der Waals surface area contributed by atoms with Gasteiger partial charge in [0.2, 0.25) is 0 Å². The smallest absolute Gasteiger partial charge is 0.339 e. The second kappa shape index (κ2) is 14.4. The minimum absolute atomic E-state index is 0.179. The fraction of sp³-hybridized carbons (Fsp3) is 0.235. The number of carbonyl (C=O) groups excluding carboxylic acids is 2. The number of ether oxygens (including phenoxy) is 2. The van der Waals surface area contributed by atoms with Crippen LogP contribution in [-0.4, -0.2) is 38.4 Å². The van der Waals surface area contributed by atoms with E-state index in [1.807, 2.05) is 97.1 Å². The van der Waals surface area contributed by atoms with Gasteiger partial charge in [0.05, 0.1) is 24.6 Å². The minimum Gasteiger partial charge on any atom is -0.549 e. The first-order chi connectivity index (χ1) is 20.1. The van der Waals surface area contributed by atoms with Crippen LogP contribution in [0.5, 0.6) is 0 Å². The SMILES string of the molecule is NOC(=O)C(CCOCCOCCC(C(=O)[O-])(c1ccccc1)c1ccccc1)(c1ccccc1)c1ccccc1. The summed E-state index contributed by atoms with van der Waals surface area (Å²) in [6.45, 7) is 0.919. The highest BCUT2D eigenvalue weighted by atomic mass is 16.7. The minimum atomic E-state index is -1.35. The van der Waals surface area contributed by atoms with Crippen LogP contribution in [0.4, 0.5) is 0 Å². The van der Waals surface area contributed by atoms with E-state index in [-0.39, 0.29) is 32.8 Å². The molecule has 0 unspecified atom stereocenters. The molecule has 7 heteroatoms. The number of carboxylic acid groups (broad SMARTS) is 1. The van der Waals surface area contributed by atoms with E-state index in [9.17, 15) is 14.7 Å². The maximum Gasteiger partial charge on any atom is 0.339 e. The van der Waals surface area contributed by atoms with E-state index < -0.39 is 22.8 Å². The summed E-state index contributed by atoms with van der Waals surface area (Å²) in [6.07, 6.45) is 0.490. The predicted molar refractivity (Wildman–Crippen MR) is 153 cm³/mol. The van der Waals surface area contributed by atoms with Gasteiger partial charge in [-0.2, -0.15) is 5.90 Å². The first kappa shape index (κ1) is 29.7. The van der Waals surface area contributed by atoms with Crippen molar-refractivity contribution in [1.29, 1.82) is 0 Å². The predicted octanol–water partition coefficient (Wildman–Crippen LogP) is 3.94. The van der Waals surface area contributed by atoms with Gasteiger partial charge in [-0.1, -0.05) is 121 Å². The normalized spacial score (nSPS) is 11.6. The maximum atomic E-state index is 13.1. The van der Waals surface area contributed by atoms with Crippen molar-refractivity contribution in [3.8, 4) is 0 Å². The van der Waals surface area contributed by atoms with Gasteiger partial charge in [0.15, 0.2) is 0 Å². The third-order valence-corrected chi connectivity index (χ3v) is 7.49. The Morgan fingerprint density at radius 1 is 0.537 bits per heavy atom. The molecule has 0 heterocycles. The molecule has 2 N–H and O–H groups in total. The molecule has 0 aliphatic heterocycles. The van der Waals surface area contributed by atoms with Crippen LogP contribution in [0.25, 0.3) is 0 Å². The van der Waals surface area contributed by atoms with Crippen molar-refractivity contribution in [2.45, 2.75) is 23.7 Å². The molecule has 212 valence electrons. The Bertz CT molecular complexity index is 1280. The van der Waals surface area contributed by atoms with Gasteiger partial charge >= 0.3 is 5.97 Å². The van der Waals surface area contributed by atoms with E-state index in [1.165, 1.54) is 0 Å². The van der Waals surface area contributed by atoms with Crippen molar-refractivity contribution in [2.75, 3.05) is 26.4 Å². The fourth-order valence-corrected chi connectivity index (χ4v) is 5.35. The fourth-order valence-electron chi connectivity index (χ4n) is 5.35. The molecule has 4 aromatic rings. The molecule has 0 aliphatic rings. The molecule has 0 saturated carbocycles. The van der Waals surface area contributed by atoms with Crippen molar-refractivity contribution in [2.24, 2.45) is 5.90 Å². The van der Waals surface area contributed by atoms with Crippen LogP contribution in [0.3, 0.4) is 0 Å². The summed E-state index contributed by atoms with van der Waals surface area (Å²) in [6, 6.07) is 36.8. The van der Waals surface area contributed by atoms with Gasteiger partial charge in [-0.05, 0) is 35.1 Å². The monoisotopic (exact) mass is 552 g/mol. The van der Waals surface area contributed by atoms with Gasteiger partial charge in [0.25, 0.3) is 0 Å². The van der Waals surface area contributed by atoms with Gasteiger partial charge in [0, 0.05) is 13.2 Å². The summed E-state index contributed by atoms with van der Waals surface area (Å²) in [5, 5.41) is 12.6. The van der Waals surface area contributed by atoms with Crippen LogP contribution in [0.2, 0.25) is 0 Å². The summed E-state index contributed by atoms with van der Waals surface area (Å²) in [5.41, 5.74) is 0.282. The van der Waals surface area contributed by atoms with Crippen molar-refractivity contribution in [3.63, 3.8) is 0 Å². The summed E-state index contributed by atoms with van der Waals surface area (Å²) in [5.74, 6) is 3.65. The maximum absolute atomic E-state index is 13.1. The van der Waals surface area contributed by atoms with E-state index >= 15 is 0 Å². The first-order valence-corrected chi connectivity index (χ1v) is 13.6. The Morgan fingerprint density at radius 2 is 0.854 bits per heavy atom. The van der Waals surface area contributed by atoms with Gasteiger partial charge in [-0.25, -0.2) is 4.79 Å². The first-order valence-electron chi connectivity index (χ1n) is 13.6. The number of carboxylic acids is 1. The van der Waals surface area contributed by atoms with Crippen LogP contribution in [0, 0.1) is 0 Å². The molecule has 0 saturated heterocycles. The number of nitrogens with two attached hydrogens (primary N) is 1. The quantitative estimate of drug-likeness (QED) is 0.176. The number of carbonyl (C=O) groups is 2. The Kier molecular flexibility index (Phi) is 10.4. The molecule has 0 fully saturated rings. The lowest BCUT2D eigenvalue weighted by Gasteiger charge is -2.36. The molecule has 0 bridgehead atoms. The summed E-state index contributed by atoms with van der Waals surface area (Å²) in [4.78, 5) is 30.5.